The Bertz CT molecular complexity index is 305. The van der Waals surface area contributed by atoms with Crippen molar-refractivity contribution in [2.45, 2.75) is 18.9 Å². The van der Waals surface area contributed by atoms with Crippen LogP contribution in [0.1, 0.15) is 12.8 Å². The van der Waals surface area contributed by atoms with Gasteiger partial charge in [0.25, 0.3) is 0 Å². The van der Waals surface area contributed by atoms with E-state index in [-0.39, 0.29) is 12.0 Å². The van der Waals surface area contributed by atoms with Gasteiger partial charge in [-0.05, 0) is 18.9 Å². The molecule has 1 N–H and O–H groups in total. The summed E-state index contributed by atoms with van der Waals surface area (Å²) in [4.78, 5) is 14.1. The fraction of sp³-hybridized carbons (Fsp3) is 0.923. The normalized spacial score (nSPS) is 36.4. The van der Waals surface area contributed by atoms with Crippen LogP contribution in [0.15, 0.2) is 0 Å². The van der Waals surface area contributed by atoms with Gasteiger partial charge in [0.15, 0.2) is 0 Å². The molecule has 0 spiro atoms. The Labute approximate surface area is 108 Å². The van der Waals surface area contributed by atoms with Crippen LogP contribution in [0, 0.1) is 11.8 Å². The van der Waals surface area contributed by atoms with Crippen molar-refractivity contribution in [1.82, 2.24) is 10.2 Å². The molecule has 0 aromatic heterocycles. The summed E-state index contributed by atoms with van der Waals surface area (Å²) in [6.07, 6.45) is 1.85. The quantitative estimate of drug-likeness (QED) is 0.745. The Balaban J connectivity index is 1.54. The van der Waals surface area contributed by atoms with Gasteiger partial charge in [-0.25, -0.2) is 0 Å². The SMILES string of the molecule is O=C(C[C@@H]1OC[C@H]2CNCC[C@H]21)N1CCOCC1. The van der Waals surface area contributed by atoms with Crippen molar-refractivity contribution in [2.75, 3.05) is 46.0 Å². The molecular formula is C13H22N2O3. The summed E-state index contributed by atoms with van der Waals surface area (Å²) in [5.41, 5.74) is 0. The molecule has 3 rings (SSSR count). The van der Waals surface area contributed by atoms with E-state index in [4.69, 9.17) is 9.47 Å². The molecule has 18 heavy (non-hydrogen) atoms. The van der Waals surface area contributed by atoms with Gasteiger partial charge in [-0.15, -0.1) is 0 Å². The van der Waals surface area contributed by atoms with E-state index >= 15 is 0 Å². The Morgan fingerprint density at radius 2 is 2.17 bits per heavy atom. The number of nitrogens with one attached hydrogen (secondary N) is 1. The smallest absolute Gasteiger partial charge is 0.225 e. The van der Waals surface area contributed by atoms with Gasteiger partial charge in [-0.1, -0.05) is 0 Å². The molecule has 3 heterocycles. The fourth-order valence-electron chi connectivity index (χ4n) is 3.31. The molecule has 3 fully saturated rings. The Morgan fingerprint density at radius 1 is 1.33 bits per heavy atom. The van der Waals surface area contributed by atoms with Gasteiger partial charge < -0.3 is 19.7 Å². The summed E-state index contributed by atoms with van der Waals surface area (Å²) in [5.74, 6) is 1.43. The topological polar surface area (TPSA) is 50.8 Å². The molecule has 0 aliphatic carbocycles. The summed E-state index contributed by atoms with van der Waals surface area (Å²) in [7, 11) is 0. The Morgan fingerprint density at radius 3 is 3.00 bits per heavy atom. The number of carbonyl (C=O) groups excluding carboxylic acids is 1. The van der Waals surface area contributed by atoms with E-state index in [2.05, 4.69) is 5.32 Å². The lowest BCUT2D eigenvalue weighted by Gasteiger charge is -2.30. The highest BCUT2D eigenvalue weighted by Gasteiger charge is 2.39. The molecule has 0 unspecified atom stereocenters. The molecule has 3 aliphatic rings. The predicted octanol–water partition coefficient (Wildman–Crippen LogP) is -0.140. The first-order valence-corrected chi connectivity index (χ1v) is 7.02. The van der Waals surface area contributed by atoms with Crippen molar-refractivity contribution in [1.29, 1.82) is 0 Å². The third kappa shape index (κ3) is 2.53. The molecule has 0 aromatic carbocycles. The summed E-state index contributed by atoms with van der Waals surface area (Å²) in [5, 5.41) is 3.40. The Hall–Kier alpha value is -0.650. The van der Waals surface area contributed by atoms with Crippen LogP contribution in [0.25, 0.3) is 0 Å². The van der Waals surface area contributed by atoms with Gasteiger partial charge in [-0.3, -0.25) is 4.79 Å². The number of ether oxygens (including phenoxy) is 2. The van der Waals surface area contributed by atoms with Crippen molar-refractivity contribution in [3.63, 3.8) is 0 Å². The third-order valence-corrected chi connectivity index (χ3v) is 4.41. The van der Waals surface area contributed by atoms with E-state index in [1.807, 2.05) is 4.90 Å². The van der Waals surface area contributed by atoms with E-state index in [0.717, 1.165) is 39.2 Å². The van der Waals surface area contributed by atoms with E-state index in [9.17, 15) is 4.79 Å². The monoisotopic (exact) mass is 254 g/mol. The zero-order chi connectivity index (χ0) is 12.4. The first kappa shape index (κ1) is 12.4. The first-order chi connectivity index (χ1) is 8.84. The van der Waals surface area contributed by atoms with Crippen molar-refractivity contribution < 1.29 is 14.3 Å². The number of rotatable bonds is 2. The summed E-state index contributed by atoms with van der Waals surface area (Å²) >= 11 is 0. The molecule has 0 aromatic rings. The van der Waals surface area contributed by atoms with Crippen LogP contribution in [0.2, 0.25) is 0 Å². The highest BCUT2D eigenvalue weighted by molar-refractivity contribution is 5.76. The average molecular weight is 254 g/mol. The zero-order valence-electron chi connectivity index (χ0n) is 10.8. The van der Waals surface area contributed by atoms with Gasteiger partial charge in [0.1, 0.15) is 0 Å². The van der Waals surface area contributed by atoms with Crippen LogP contribution in [0.4, 0.5) is 0 Å². The second-order valence-corrected chi connectivity index (χ2v) is 5.49. The van der Waals surface area contributed by atoms with Crippen LogP contribution >= 0.6 is 0 Å². The molecule has 5 nitrogen and oxygen atoms in total. The van der Waals surface area contributed by atoms with Crippen molar-refractivity contribution in [3.05, 3.63) is 0 Å². The number of fused-ring (bicyclic) bond motifs is 1. The van der Waals surface area contributed by atoms with Gasteiger partial charge in [0.2, 0.25) is 5.91 Å². The minimum atomic E-state index is 0.146. The number of hydrogen-bond acceptors (Lipinski definition) is 4. The molecule has 0 bridgehead atoms. The molecular weight excluding hydrogens is 232 g/mol. The maximum atomic E-state index is 12.2. The average Bonchev–Trinajstić information content (AvgIpc) is 2.83. The molecule has 102 valence electrons. The molecule has 3 aliphatic heterocycles. The minimum absolute atomic E-state index is 0.146. The van der Waals surface area contributed by atoms with Crippen LogP contribution in [-0.2, 0) is 14.3 Å². The molecule has 1 amide bonds. The fourth-order valence-corrected chi connectivity index (χ4v) is 3.31. The minimum Gasteiger partial charge on any atom is -0.378 e. The number of nitrogens with zero attached hydrogens (tertiary/aromatic N) is 1. The largest absolute Gasteiger partial charge is 0.378 e. The zero-order valence-corrected chi connectivity index (χ0v) is 10.8. The molecule has 5 heteroatoms. The standard InChI is InChI=1S/C13H22N2O3/c16-13(15-3-5-17-6-4-15)7-12-11-1-2-14-8-10(11)9-18-12/h10-12,14H,1-9H2/t10-,11-,12+/m1/s1. The second kappa shape index (κ2) is 5.55. The maximum Gasteiger partial charge on any atom is 0.225 e. The molecule has 0 radical (unpaired) electrons. The number of hydrogen-bond donors (Lipinski definition) is 1. The van der Waals surface area contributed by atoms with Crippen molar-refractivity contribution in [3.8, 4) is 0 Å². The lowest BCUT2D eigenvalue weighted by molar-refractivity contribution is -0.138. The van der Waals surface area contributed by atoms with Crippen LogP contribution in [0.3, 0.4) is 0 Å². The lowest BCUT2D eigenvalue weighted by atomic mass is 9.84. The number of carbonyl (C=O) groups is 1. The van der Waals surface area contributed by atoms with E-state index < -0.39 is 0 Å². The van der Waals surface area contributed by atoms with E-state index in [1.165, 1.54) is 0 Å². The van der Waals surface area contributed by atoms with Crippen molar-refractivity contribution >= 4 is 5.91 Å². The maximum absolute atomic E-state index is 12.2. The van der Waals surface area contributed by atoms with E-state index in [1.54, 1.807) is 0 Å². The molecule has 3 atom stereocenters. The van der Waals surface area contributed by atoms with Crippen LogP contribution in [0.5, 0.6) is 0 Å². The van der Waals surface area contributed by atoms with Gasteiger partial charge in [0, 0.05) is 25.6 Å². The molecule has 3 saturated heterocycles. The van der Waals surface area contributed by atoms with Crippen LogP contribution in [-0.4, -0.2) is 62.9 Å². The van der Waals surface area contributed by atoms with Gasteiger partial charge in [0.05, 0.1) is 32.3 Å². The van der Waals surface area contributed by atoms with Gasteiger partial charge >= 0.3 is 0 Å². The van der Waals surface area contributed by atoms with Gasteiger partial charge in [-0.2, -0.15) is 0 Å². The van der Waals surface area contributed by atoms with Crippen molar-refractivity contribution in [2.24, 2.45) is 11.8 Å². The third-order valence-electron chi connectivity index (χ3n) is 4.41. The molecule has 0 saturated carbocycles. The van der Waals surface area contributed by atoms with E-state index in [0.29, 0.717) is 31.5 Å². The Kier molecular flexibility index (Phi) is 3.82. The first-order valence-electron chi connectivity index (χ1n) is 7.02. The highest BCUT2D eigenvalue weighted by atomic mass is 16.5. The number of amides is 1. The summed E-state index contributed by atoms with van der Waals surface area (Å²) in [6.45, 7) is 5.75. The number of morpholine rings is 1. The number of piperidine rings is 1. The predicted molar refractivity (Wildman–Crippen MR) is 66.2 cm³/mol. The summed E-state index contributed by atoms with van der Waals surface area (Å²) < 4.78 is 11.1. The lowest BCUT2D eigenvalue weighted by Crippen LogP contribution is -2.43. The second-order valence-electron chi connectivity index (χ2n) is 5.49. The summed E-state index contributed by atoms with van der Waals surface area (Å²) in [6, 6.07) is 0. The highest BCUT2D eigenvalue weighted by Crippen LogP contribution is 2.33. The van der Waals surface area contributed by atoms with Crippen LogP contribution < -0.4 is 5.32 Å².